The minimum Gasteiger partial charge on any atom is -0.480 e. The smallest absolute Gasteiger partial charge is 0.415 e. The maximum Gasteiger partial charge on any atom is 0.415 e. The fourth-order valence-electron chi connectivity index (χ4n) is 2.28. The number of benzene rings is 1. The van der Waals surface area contributed by atoms with Crippen molar-refractivity contribution >= 4 is 12.1 Å². The summed E-state index contributed by atoms with van der Waals surface area (Å²) >= 11 is 0. The van der Waals surface area contributed by atoms with Crippen molar-refractivity contribution in [3.8, 4) is 5.75 Å². The Bertz CT molecular complexity index is 495. The van der Waals surface area contributed by atoms with Crippen LogP contribution in [0.5, 0.6) is 5.75 Å². The van der Waals surface area contributed by atoms with Crippen molar-refractivity contribution in [3.63, 3.8) is 0 Å². The van der Waals surface area contributed by atoms with Gasteiger partial charge in [0.15, 0.2) is 0 Å². The molecule has 3 N–H and O–H groups in total. The highest BCUT2D eigenvalue weighted by molar-refractivity contribution is 5.73. The van der Waals surface area contributed by atoms with E-state index in [1.54, 1.807) is 29.2 Å². The second-order valence-corrected chi connectivity index (χ2v) is 5.21. The second-order valence-electron chi connectivity index (χ2n) is 5.21. The maximum absolute atomic E-state index is 11.9. The van der Waals surface area contributed by atoms with Crippen molar-refractivity contribution in [2.45, 2.75) is 31.7 Å². The number of aliphatic carboxylic acids is 1. The van der Waals surface area contributed by atoms with Gasteiger partial charge in [-0.1, -0.05) is 12.1 Å². The summed E-state index contributed by atoms with van der Waals surface area (Å²) in [6.07, 6.45) is 3.10. The molecule has 1 aromatic carbocycles. The molecule has 114 valence electrons. The molecule has 0 radical (unpaired) electrons. The summed E-state index contributed by atoms with van der Waals surface area (Å²) in [5.74, 6) is -0.575. The lowest BCUT2D eigenvalue weighted by Gasteiger charge is -2.25. The highest BCUT2D eigenvalue weighted by atomic mass is 16.6. The molecule has 0 bridgehead atoms. The molecule has 1 aliphatic heterocycles. The number of carbonyl (C=O) groups excluding carboxylic acids is 1. The minimum atomic E-state index is -1.03. The van der Waals surface area contributed by atoms with Gasteiger partial charge in [0.25, 0.3) is 0 Å². The number of nitrogens with zero attached hydrogens (tertiary/aromatic N) is 1. The van der Waals surface area contributed by atoms with Gasteiger partial charge in [-0.25, -0.2) is 4.79 Å². The van der Waals surface area contributed by atoms with Crippen LogP contribution in [-0.4, -0.2) is 41.2 Å². The monoisotopic (exact) mass is 292 g/mol. The molecule has 1 amide bonds. The largest absolute Gasteiger partial charge is 0.480 e. The van der Waals surface area contributed by atoms with Crippen LogP contribution in [0.25, 0.3) is 0 Å². The van der Waals surface area contributed by atoms with E-state index in [1.165, 1.54) is 0 Å². The number of amides is 1. The lowest BCUT2D eigenvalue weighted by atomic mass is 10.1. The molecule has 1 aliphatic rings. The van der Waals surface area contributed by atoms with Crippen molar-refractivity contribution in [2.75, 3.05) is 13.1 Å². The number of piperidine rings is 1. The summed E-state index contributed by atoms with van der Waals surface area (Å²) in [6.45, 7) is 1.48. The maximum atomic E-state index is 11.9. The number of rotatable bonds is 4. The van der Waals surface area contributed by atoms with E-state index in [-0.39, 0.29) is 12.5 Å². The third kappa shape index (κ3) is 4.46. The number of hydrogen-bond donors (Lipinski definition) is 2. The molecule has 0 aliphatic carbocycles. The topological polar surface area (TPSA) is 92.9 Å². The predicted molar refractivity (Wildman–Crippen MR) is 77.2 cm³/mol. The number of hydrogen-bond acceptors (Lipinski definition) is 4. The average molecular weight is 292 g/mol. The zero-order valence-corrected chi connectivity index (χ0v) is 11.8. The SMILES string of the molecule is N[C@@H](Cc1ccc(OC(=O)N2CCCCC2)cc1)C(=O)O. The standard InChI is InChI=1S/C15H20N2O4/c16-13(14(18)19)10-11-4-6-12(7-5-11)21-15(20)17-8-2-1-3-9-17/h4-7,13H,1-3,8-10,16H2,(H,18,19)/t13-/m0/s1. The number of carbonyl (C=O) groups is 2. The van der Waals surface area contributed by atoms with Crippen LogP contribution in [0, 0.1) is 0 Å². The van der Waals surface area contributed by atoms with Crippen LogP contribution < -0.4 is 10.5 Å². The van der Waals surface area contributed by atoms with Crippen LogP contribution in [0.15, 0.2) is 24.3 Å². The van der Waals surface area contributed by atoms with E-state index in [4.69, 9.17) is 15.6 Å². The average Bonchev–Trinajstić information content (AvgIpc) is 2.50. The molecule has 0 saturated carbocycles. The van der Waals surface area contributed by atoms with E-state index in [0.717, 1.165) is 37.9 Å². The van der Waals surface area contributed by atoms with Gasteiger partial charge in [0, 0.05) is 13.1 Å². The fourth-order valence-corrected chi connectivity index (χ4v) is 2.28. The molecule has 6 nitrogen and oxygen atoms in total. The van der Waals surface area contributed by atoms with Crippen molar-refractivity contribution in [1.82, 2.24) is 4.90 Å². The van der Waals surface area contributed by atoms with Gasteiger partial charge < -0.3 is 20.5 Å². The highest BCUT2D eigenvalue weighted by Gasteiger charge is 2.18. The molecule has 0 unspecified atom stereocenters. The number of ether oxygens (including phenoxy) is 1. The van der Waals surface area contributed by atoms with Crippen LogP contribution >= 0.6 is 0 Å². The van der Waals surface area contributed by atoms with Crippen LogP contribution in [0.1, 0.15) is 24.8 Å². The highest BCUT2D eigenvalue weighted by Crippen LogP contribution is 2.16. The third-order valence-electron chi connectivity index (χ3n) is 3.52. The molecule has 6 heteroatoms. The zero-order chi connectivity index (χ0) is 15.2. The van der Waals surface area contributed by atoms with Gasteiger partial charge in [0.1, 0.15) is 11.8 Å². The normalized spacial score (nSPS) is 16.3. The number of carboxylic acid groups (broad SMARTS) is 1. The Morgan fingerprint density at radius 1 is 1.19 bits per heavy atom. The Hall–Kier alpha value is -2.08. The van der Waals surface area contributed by atoms with E-state index >= 15 is 0 Å². The minimum absolute atomic E-state index is 0.246. The quantitative estimate of drug-likeness (QED) is 0.879. The summed E-state index contributed by atoms with van der Waals surface area (Å²) in [7, 11) is 0. The van der Waals surface area contributed by atoms with E-state index < -0.39 is 12.0 Å². The Labute approximate surface area is 123 Å². The molecule has 1 fully saturated rings. The molecule has 1 saturated heterocycles. The first kappa shape index (κ1) is 15.3. The van der Waals surface area contributed by atoms with Crippen LogP contribution in [0.4, 0.5) is 4.79 Å². The van der Waals surface area contributed by atoms with Crippen molar-refractivity contribution in [3.05, 3.63) is 29.8 Å². The third-order valence-corrected chi connectivity index (χ3v) is 3.52. The molecule has 1 atom stereocenters. The summed E-state index contributed by atoms with van der Waals surface area (Å²) in [5, 5.41) is 8.76. The van der Waals surface area contributed by atoms with Gasteiger partial charge in [-0.3, -0.25) is 4.79 Å². The lowest BCUT2D eigenvalue weighted by molar-refractivity contribution is -0.138. The second kappa shape index (κ2) is 7.08. The Balaban J connectivity index is 1.89. The van der Waals surface area contributed by atoms with Crippen LogP contribution in [-0.2, 0) is 11.2 Å². The fraction of sp³-hybridized carbons (Fsp3) is 0.467. The first-order valence-corrected chi connectivity index (χ1v) is 7.10. The molecule has 21 heavy (non-hydrogen) atoms. The lowest BCUT2D eigenvalue weighted by Crippen LogP contribution is -2.37. The van der Waals surface area contributed by atoms with E-state index in [2.05, 4.69) is 0 Å². The van der Waals surface area contributed by atoms with Crippen molar-refractivity contribution < 1.29 is 19.4 Å². The molecule has 0 aromatic heterocycles. The van der Waals surface area contributed by atoms with Gasteiger partial charge in [-0.2, -0.15) is 0 Å². The van der Waals surface area contributed by atoms with E-state index in [0.29, 0.717) is 5.75 Å². The zero-order valence-electron chi connectivity index (χ0n) is 11.8. The van der Waals surface area contributed by atoms with Crippen LogP contribution in [0.3, 0.4) is 0 Å². The van der Waals surface area contributed by atoms with Gasteiger partial charge in [-0.15, -0.1) is 0 Å². The summed E-state index contributed by atoms with van der Waals surface area (Å²) in [6, 6.07) is 5.84. The summed E-state index contributed by atoms with van der Waals surface area (Å²) in [5.41, 5.74) is 6.27. The predicted octanol–water partition coefficient (Wildman–Crippen LogP) is 1.63. The Morgan fingerprint density at radius 2 is 1.81 bits per heavy atom. The molecule has 0 spiro atoms. The molecular formula is C15H20N2O4. The first-order valence-electron chi connectivity index (χ1n) is 7.10. The van der Waals surface area contributed by atoms with E-state index in [1.807, 2.05) is 0 Å². The van der Waals surface area contributed by atoms with Gasteiger partial charge >= 0.3 is 12.1 Å². The van der Waals surface area contributed by atoms with Crippen LogP contribution in [0.2, 0.25) is 0 Å². The van der Waals surface area contributed by atoms with E-state index in [9.17, 15) is 9.59 Å². The number of nitrogens with two attached hydrogens (primary N) is 1. The Morgan fingerprint density at radius 3 is 2.38 bits per heavy atom. The first-order chi connectivity index (χ1) is 10.1. The van der Waals surface area contributed by atoms with Crippen molar-refractivity contribution in [1.29, 1.82) is 0 Å². The molecule has 2 rings (SSSR count). The Kier molecular flexibility index (Phi) is 5.16. The van der Waals surface area contributed by atoms with Gasteiger partial charge in [0.2, 0.25) is 0 Å². The summed E-state index contributed by atoms with van der Waals surface area (Å²) < 4.78 is 5.30. The molecule has 1 heterocycles. The number of carboxylic acids is 1. The van der Waals surface area contributed by atoms with Gasteiger partial charge in [-0.05, 0) is 43.4 Å². The molecular weight excluding hydrogens is 272 g/mol. The van der Waals surface area contributed by atoms with Crippen molar-refractivity contribution in [2.24, 2.45) is 5.73 Å². The number of likely N-dealkylation sites (tertiary alicyclic amines) is 1. The van der Waals surface area contributed by atoms with Gasteiger partial charge in [0.05, 0.1) is 0 Å². The summed E-state index contributed by atoms with van der Waals surface area (Å²) in [4.78, 5) is 24.3. The molecule has 1 aromatic rings.